The summed E-state index contributed by atoms with van der Waals surface area (Å²) in [4.78, 5) is 15.7. The molecule has 116 valence electrons. The zero-order chi connectivity index (χ0) is 16.0. The Balaban J connectivity index is 1.65. The maximum Gasteiger partial charge on any atom is 0.261 e. The van der Waals surface area contributed by atoms with Gasteiger partial charge in [-0.05, 0) is 30.6 Å². The smallest absolute Gasteiger partial charge is 0.261 e. The monoisotopic (exact) mass is 300 g/mol. The lowest BCUT2D eigenvalue weighted by Crippen LogP contribution is -2.34. The van der Waals surface area contributed by atoms with Gasteiger partial charge in [-0.15, -0.1) is 5.10 Å². The summed E-state index contributed by atoms with van der Waals surface area (Å²) in [6.07, 6.45) is 4.71. The van der Waals surface area contributed by atoms with Crippen LogP contribution in [0.25, 0.3) is 0 Å². The number of rotatable bonds is 3. The van der Waals surface area contributed by atoms with Crippen LogP contribution in [0.5, 0.6) is 0 Å². The van der Waals surface area contributed by atoms with E-state index >= 15 is 0 Å². The second kappa shape index (κ2) is 4.90. The molecule has 1 aromatic rings. The first-order valence-electron chi connectivity index (χ1n) is 7.52. The minimum Gasteiger partial charge on any atom is -0.271 e. The van der Waals surface area contributed by atoms with Crippen LogP contribution in [-0.4, -0.2) is 26.4 Å². The van der Waals surface area contributed by atoms with Gasteiger partial charge in [-0.1, -0.05) is 20.8 Å². The summed E-state index contributed by atoms with van der Waals surface area (Å²) < 4.78 is 1.33. The van der Waals surface area contributed by atoms with E-state index in [2.05, 4.69) is 41.4 Å². The van der Waals surface area contributed by atoms with Gasteiger partial charge in [0.05, 0.1) is 0 Å². The highest BCUT2D eigenvalue weighted by molar-refractivity contribution is 5.95. The molecule has 0 saturated heterocycles. The van der Waals surface area contributed by atoms with Crippen LogP contribution < -0.4 is 5.43 Å². The Morgan fingerprint density at radius 2 is 2.36 bits per heavy atom. The van der Waals surface area contributed by atoms with E-state index in [1.807, 2.05) is 6.07 Å². The van der Waals surface area contributed by atoms with E-state index in [1.54, 1.807) is 0 Å². The van der Waals surface area contributed by atoms with Gasteiger partial charge in [0.2, 0.25) is 0 Å². The van der Waals surface area contributed by atoms with E-state index in [0.29, 0.717) is 5.92 Å². The van der Waals surface area contributed by atoms with E-state index in [0.717, 1.165) is 18.6 Å². The first-order valence-corrected chi connectivity index (χ1v) is 7.52. The molecule has 1 amide bonds. The summed E-state index contributed by atoms with van der Waals surface area (Å²) in [7, 11) is 0. The number of hydrazone groups is 1. The molecule has 22 heavy (non-hydrogen) atoms. The fourth-order valence-electron chi connectivity index (χ4n) is 3.83. The number of hydrogen-bond donors (Lipinski definition) is 1. The molecule has 1 heterocycles. The summed E-state index contributed by atoms with van der Waals surface area (Å²) in [5.41, 5.74) is 4.04. The van der Waals surface area contributed by atoms with Crippen molar-refractivity contribution in [1.82, 2.24) is 20.2 Å². The van der Waals surface area contributed by atoms with E-state index in [-0.39, 0.29) is 29.1 Å². The summed E-state index contributed by atoms with van der Waals surface area (Å²) in [6.45, 7) is 6.86. The first-order chi connectivity index (χ1) is 10.4. The summed E-state index contributed by atoms with van der Waals surface area (Å²) in [6, 6.07) is 1.83. The number of nitrogens with zero attached hydrogens (tertiary/aromatic N) is 5. The molecular weight excluding hydrogens is 280 g/mol. The highest BCUT2D eigenvalue weighted by atomic mass is 16.2. The van der Waals surface area contributed by atoms with Crippen molar-refractivity contribution in [3.63, 3.8) is 0 Å². The Morgan fingerprint density at radius 1 is 1.59 bits per heavy atom. The standard InChI is InChI=1S/C15H20N6O/c1-14(2)10-4-5-15(14,3)11(6-10)18-19-13(22)8-21-9-17-12(7-16)20-21/h9-10H,4-6,8H2,1-3H3,(H,19,22)/b18-11-. The lowest BCUT2D eigenvalue weighted by molar-refractivity contribution is -0.121. The van der Waals surface area contributed by atoms with Crippen molar-refractivity contribution in [2.24, 2.45) is 21.8 Å². The van der Waals surface area contributed by atoms with Crippen LogP contribution in [0, 0.1) is 28.1 Å². The average Bonchev–Trinajstić information content (AvgIpc) is 3.06. The predicted octanol–water partition coefficient (Wildman–Crippen LogP) is 1.47. The third-order valence-corrected chi connectivity index (χ3v) is 5.77. The van der Waals surface area contributed by atoms with Crippen molar-refractivity contribution in [2.75, 3.05) is 0 Å². The van der Waals surface area contributed by atoms with Crippen LogP contribution in [0.15, 0.2) is 11.4 Å². The van der Waals surface area contributed by atoms with Crippen molar-refractivity contribution in [3.8, 4) is 6.07 Å². The van der Waals surface area contributed by atoms with Gasteiger partial charge in [0, 0.05) is 11.1 Å². The van der Waals surface area contributed by atoms with Crippen LogP contribution >= 0.6 is 0 Å². The highest BCUT2D eigenvalue weighted by Gasteiger charge is 2.59. The zero-order valence-electron chi connectivity index (χ0n) is 13.1. The van der Waals surface area contributed by atoms with Gasteiger partial charge in [0.15, 0.2) is 0 Å². The summed E-state index contributed by atoms with van der Waals surface area (Å²) in [5, 5.41) is 16.9. The molecule has 2 bridgehead atoms. The highest BCUT2D eigenvalue weighted by Crippen LogP contribution is 2.63. The first kappa shape index (κ1) is 14.7. The molecule has 0 radical (unpaired) electrons. The lowest BCUT2D eigenvalue weighted by atomic mass is 9.70. The van der Waals surface area contributed by atoms with E-state index in [9.17, 15) is 4.79 Å². The van der Waals surface area contributed by atoms with Gasteiger partial charge in [0.25, 0.3) is 11.7 Å². The molecule has 0 aliphatic heterocycles. The van der Waals surface area contributed by atoms with Crippen LogP contribution in [0.3, 0.4) is 0 Å². The summed E-state index contributed by atoms with van der Waals surface area (Å²) >= 11 is 0. The van der Waals surface area contributed by atoms with Gasteiger partial charge in [-0.25, -0.2) is 15.1 Å². The molecule has 1 N–H and O–H groups in total. The minimum absolute atomic E-state index is 0.00892. The zero-order valence-corrected chi connectivity index (χ0v) is 13.1. The molecule has 2 unspecified atom stereocenters. The Morgan fingerprint density at radius 3 is 2.91 bits per heavy atom. The van der Waals surface area contributed by atoms with Crippen LogP contribution in [0.2, 0.25) is 0 Å². The van der Waals surface area contributed by atoms with Crippen molar-refractivity contribution in [3.05, 3.63) is 12.2 Å². The number of fused-ring (bicyclic) bond motifs is 2. The average molecular weight is 300 g/mol. The molecule has 2 atom stereocenters. The second-order valence-electron chi connectivity index (χ2n) is 6.96. The Labute approximate surface area is 129 Å². The number of carbonyl (C=O) groups excluding carboxylic acids is 1. The Kier molecular flexibility index (Phi) is 3.28. The number of aromatic nitrogens is 3. The topological polar surface area (TPSA) is 96.0 Å². The molecule has 2 aliphatic rings. The quantitative estimate of drug-likeness (QED) is 0.855. The van der Waals surface area contributed by atoms with Crippen molar-refractivity contribution >= 4 is 11.6 Å². The minimum atomic E-state index is -0.258. The molecule has 3 rings (SSSR count). The third-order valence-electron chi connectivity index (χ3n) is 5.77. The number of hydrogen-bond acceptors (Lipinski definition) is 5. The largest absolute Gasteiger partial charge is 0.271 e. The van der Waals surface area contributed by atoms with E-state index < -0.39 is 0 Å². The maximum absolute atomic E-state index is 11.9. The second-order valence-corrected chi connectivity index (χ2v) is 6.96. The molecule has 2 aliphatic carbocycles. The fourth-order valence-corrected chi connectivity index (χ4v) is 3.83. The normalized spacial score (nSPS) is 30.5. The van der Waals surface area contributed by atoms with Gasteiger partial charge in [-0.3, -0.25) is 4.79 Å². The molecule has 0 aromatic carbocycles. The van der Waals surface area contributed by atoms with Gasteiger partial charge in [-0.2, -0.15) is 10.4 Å². The van der Waals surface area contributed by atoms with Crippen molar-refractivity contribution in [2.45, 2.75) is 46.6 Å². The Hall–Kier alpha value is -2.23. The maximum atomic E-state index is 11.9. The number of amides is 1. The van der Waals surface area contributed by atoms with Crippen LogP contribution in [-0.2, 0) is 11.3 Å². The lowest BCUT2D eigenvalue weighted by Gasteiger charge is -2.34. The van der Waals surface area contributed by atoms with E-state index in [4.69, 9.17) is 5.26 Å². The summed E-state index contributed by atoms with van der Waals surface area (Å²) in [5.74, 6) is 0.453. The van der Waals surface area contributed by atoms with Gasteiger partial charge >= 0.3 is 0 Å². The third kappa shape index (κ3) is 2.10. The molecular formula is C15H20N6O. The number of nitrogens with one attached hydrogen (secondary N) is 1. The number of carbonyl (C=O) groups is 1. The molecule has 1 aromatic heterocycles. The molecule has 7 heteroatoms. The number of nitriles is 1. The van der Waals surface area contributed by atoms with Crippen molar-refractivity contribution < 1.29 is 4.79 Å². The van der Waals surface area contributed by atoms with Gasteiger partial charge < -0.3 is 0 Å². The SMILES string of the molecule is CC12CCC(C/C1=N/NC(=O)Cn1cnc(C#N)n1)C2(C)C. The van der Waals surface area contributed by atoms with E-state index in [1.165, 1.54) is 17.4 Å². The molecule has 7 nitrogen and oxygen atoms in total. The predicted molar refractivity (Wildman–Crippen MR) is 79.5 cm³/mol. The van der Waals surface area contributed by atoms with Crippen LogP contribution in [0.1, 0.15) is 45.9 Å². The molecule has 2 fully saturated rings. The fraction of sp³-hybridized carbons (Fsp3) is 0.667. The van der Waals surface area contributed by atoms with Crippen LogP contribution in [0.4, 0.5) is 0 Å². The van der Waals surface area contributed by atoms with Crippen molar-refractivity contribution in [1.29, 1.82) is 5.26 Å². The molecule has 0 spiro atoms. The Bertz CT molecular complexity index is 682. The molecule has 2 saturated carbocycles. The van der Waals surface area contributed by atoms with Gasteiger partial charge in [0.1, 0.15) is 18.9 Å².